The Morgan fingerprint density at radius 2 is 2.00 bits per heavy atom. The molecule has 1 aliphatic heterocycles. The van der Waals surface area contributed by atoms with E-state index < -0.39 is 11.8 Å². The van der Waals surface area contributed by atoms with E-state index >= 15 is 0 Å². The normalized spacial score (nSPS) is 17.7. The summed E-state index contributed by atoms with van der Waals surface area (Å²) in [6, 6.07) is 4.23. The first-order valence-electron chi connectivity index (χ1n) is 8.34. The molecule has 0 aliphatic carbocycles. The molecule has 1 saturated heterocycles. The van der Waals surface area contributed by atoms with Crippen LogP contribution in [0.2, 0.25) is 0 Å². The Kier molecular flexibility index (Phi) is 6.12. The molecular formula is C18H23FN2O4. The molecule has 2 amide bonds. The Bertz CT molecular complexity index is 677. The number of carbonyl (C=O) groups is 3. The minimum absolute atomic E-state index is 0.208. The number of hydrogen-bond acceptors (Lipinski definition) is 3. The fourth-order valence-electron chi connectivity index (χ4n) is 3.25. The van der Waals surface area contributed by atoms with Gasteiger partial charge in [-0.05, 0) is 43.9 Å². The molecule has 0 radical (unpaired) electrons. The molecule has 6 nitrogen and oxygen atoms in total. The zero-order chi connectivity index (χ0) is 18.6. The molecule has 1 unspecified atom stereocenters. The van der Waals surface area contributed by atoms with E-state index in [0.717, 1.165) is 0 Å². The summed E-state index contributed by atoms with van der Waals surface area (Å²) in [6.07, 6.45) is 1.81. The van der Waals surface area contributed by atoms with E-state index in [2.05, 4.69) is 0 Å². The smallest absolute Gasteiger partial charge is 0.323 e. The van der Waals surface area contributed by atoms with Crippen LogP contribution in [0.1, 0.15) is 42.1 Å². The third-order valence-electron chi connectivity index (χ3n) is 4.63. The van der Waals surface area contributed by atoms with Gasteiger partial charge in [0.15, 0.2) is 0 Å². The Morgan fingerprint density at radius 3 is 2.64 bits per heavy atom. The average Bonchev–Trinajstić information content (AvgIpc) is 2.80. The molecule has 1 aromatic rings. The van der Waals surface area contributed by atoms with Gasteiger partial charge in [-0.15, -0.1) is 0 Å². The summed E-state index contributed by atoms with van der Waals surface area (Å²) in [5.41, 5.74) is 0.664. The third kappa shape index (κ3) is 4.55. The number of nitrogens with zero attached hydrogens (tertiary/aromatic N) is 2. The number of benzene rings is 1. The standard InChI is InChI=1S/C18H23FN2O4/c1-12-15(6-3-7-16(12)19)18(25)20-9-4-5-14(8-10-20)21(13(2)22)11-17(23)24/h3,6-7,14H,4-5,8-11H2,1-2H3,(H,23,24). The fourth-order valence-corrected chi connectivity index (χ4v) is 3.25. The van der Waals surface area contributed by atoms with Gasteiger partial charge in [0, 0.05) is 31.6 Å². The van der Waals surface area contributed by atoms with E-state index in [-0.39, 0.29) is 24.4 Å². The van der Waals surface area contributed by atoms with Crippen molar-refractivity contribution in [1.82, 2.24) is 9.80 Å². The van der Waals surface area contributed by atoms with Crippen LogP contribution in [-0.4, -0.2) is 58.4 Å². The van der Waals surface area contributed by atoms with E-state index in [1.807, 2.05) is 0 Å². The quantitative estimate of drug-likeness (QED) is 0.902. The van der Waals surface area contributed by atoms with Crippen LogP contribution in [-0.2, 0) is 9.59 Å². The first kappa shape index (κ1) is 18.9. The van der Waals surface area contributed by atoms with Gasteiger partial charge in [-0.1, -0.05) is 6.07 Å². The molecule has 0 aromatic heterocycles. The Labute approximate surface area is 146 Å². The van der Waals surface area contributed by atoms with Gasteiger partial charge in [0.2, 0.25) is 5.91 Å². The van der Waals surface area contributed by atoms with Crippen molar-refractivity contribution in [2.75, 3.05) is 19.6 Å². The van der Waals surface area contributed by atoms with E-state index in [4.69, 9.17) is 5.11 Å². The summed E-state index contributed by atoms with van der Waals surface area (Å²) in [4.78, 5) is 38.4. The lowest BCUT2D eigenvalue weighted by Gasteiger charge is -2.29. The van der Waals surface area contributed by atoms with Crippen LogP contribution in [0.25, 0.3) is 0 Å². The maximum Gasteiger partial charge on any atom is 0.323 e. The second kappa shape index (κ2) is 8.09. The van der Waals surface area contributed by atoms with Gasteiger partial charge >= 0.3 is 5.97 Å². The van der Waals surface area contributed by atoms with Crippen LogP contribution in [0.15, 0.2) is 18.2 Å². The molecule has 1 heterocycles. The van der Waals surface area contributed by atoms with Crippen molar-refractivity contribution in [2.45, 2.75) is 39.2 Å². The van der Waals surface area contributed by atoms with Crippen LogP contribution < -0.4 is 0 Å². The molecule has 1 aromatic carbocycles. The molecule has 136 valence electrons. The first-order chi connectivity index (χ1) is 11.8. The number of carboxylic acid groups (broad SMARTS) is 1. The van der Waals surface area contributed by atoms with Crippen molar-refractivity contribution in [2.24, 2.45) is 0 Å². The van der Waals surface area contributed by atoms with Crippen molar-refractivity contribution >= 4 is 17.8 Å². The summed E-state index contributed by atoms with van der Waals surface area (Å²) >= 11 is 0. The molecule has 1 aliphatic rings. The lowest BCUT2D eigenvalue weighted by atomic mass is 10.1. The largest absolute Gasteiger partial charge is 0.480 e. The maximum absolute atomic E-state index is 13.7. The van der Waals surface area contributed by atoms with Crippen molar-refractivity contribution in [3.8, 4) is 0 Å². The third-order valence-corrected chi connectivity index (χ3v) is 4.63. The number of aliphatic carboxylic acids is 1. The molecule has 1 N–H and O–H groups in total. The minimum atomic E-state index is -1.05. The second-order valence-electron chi connectivity index (χ2n) is 6.33. The van der Waals surface area contributed by atoms with Gasteiger partial charge in [0.05, 0.1) is 0 Å². The Morgan fingerprint density at radius 1 is 1.28 bits per heavy atom. The molecular weight excluding hydrogens is 327 g/mol. The number of carboxylic acids is 1. The van der Waals surface area contributed by atoms with Crippen LogP contribution in [0.4, 0.5) is 4.39 Å². The highest BCUT2D eigenvalue weighted by atomic mass is 19.1. The monoisotopic (exact) mass is 350 g/mol. The molecule has 0 spiro atoms. The number of carbonyl (C=O) groups excluding carboxylic acids is 2. The van der Waals surface area contributed by atoms with Crippen molar-refractivity contribution in [1.29, 1.82) is 0 Å². The van der Waals surface area contributed by atoms with Gasteiger partial charge in [0.1, 0.15) is 12.4 Å². The molecule has 25 heavy (non-hydrogen) atoms. The summed E-state index contributed by atoms with van der Waals surface area (Å²) in [6.45, 7) is 3.50. The summed E-state index contributed by atoms with van der Waals surface area (Å²) in [5, 5.41) is 8.99. The van der Waals surface area contributed by atoms with Crippen LogP contribution in [0.5, 0.6) is 0 Å². The fraction of sp³-hybridized carbons (Fsp3) is 0.500. The van der Waals surface area contributed by atoms with Gasteiger partial charge in [0.25, 0.3) is 5.91 Å². The molecule has 1 atom stereocenters. The summed E-state index contributed by atoms with van der Waals surface area (Å²) in [5.74, 6) is -1.98. The maximum atomic E-state index is 13.7. The van der Waals surface area contributed by atoms with Crippen LogP contribution >= 0.6 is 0 Å². The highest BCUT2D eigenvalue weighted by Gasteiger charge is 2.28. The molecule has 2 rings (SSSR count). The van der Waals surface area contributed by atoms with E-state index in [0.29, 0.717) is 43.5 Å². The average molecular weight is 350 g/mol. The summed E-state index contributed by atoms with van der Waals surface area (Å²) < 4.78 is 13.7. The SMILES string of the molecule is CC(=O)N(CC(=O)O)C1CCCN(C(=O)c2cccc(F)c2C)CC1. The summed E-state index contributed by atoms with van der Waals surface area (Å²) in [7, 11) is 0. The van der Waals surface area contributed by atoms with Gasteiger partial charge in [-0.3, -0.25) is 14.4 Å². The van der Waals surface area contributed by atoms with Crippen molar-refractivity contribution in [3.63, 3.8) is 0 Å². The second-order valence-corrected chi connectivity index (χ2v) is 6.33. The first-order valence-corrected chi connectivity index (χ1v) is 8.34. The van der Waals surface area contributed by atoms with E-state index in [1.54, 1.807) is 17.9 Å². The number of hydrogen-bond donors (Lipinski definition) is 1. The topological polar surface area (TPSA) is 77.9 Å². The molecule has 0 saturated carbocycles. The minimum Gasteiger partial charge on any atom is -0.480 e. The Balaban J connectivity index is 2.10. The molecule has 1 fully saturated rings. The highest BCUT2D eigenvalue weighted by molar-refractivity contribution is 5.95. The number of rotatable bonds is 4. The van der Waals surface area contributed by atoms with E-state index in [9.17, 15) is 18.8 Å². The number of amides is 2. The zero-order valence-corrected chi connectivity index (χ0v) is 14.5. The number of likely N-dealkylation sites (tertiary alicyclic amines) is 1. The number of halogens is 1. The zero-order valence-electron chi connectivity index (χ0n) is 14.5. The van der Waals surface area contributed by atoms with Gasteiger partial charge in [-0.2, -0.15) is 0 Å². The molecule has 0 bridgehead atoms. The van der Waals surface area contributed by atoms with E-state index in [1.165, 1.54) is 24.0 Å². The molecule has 7 heteroatoms. The van der Waals surface area contributed by atoms with Gasteiger partial charge in [-0.25, -0.2) is 4.39 Å². The van der Waals surface area contributed by atoms with Crippen LogP contribution in [0, 0.1) is 12.7 Å². The van der Waals surface area contributed by atoms with Crippen LogP contribution in [0.3, 0.4) is 0 Å². The predicted molar refractivity (Wildman–Crippen MR) is 89.7 cm³/mol. The highest BCUT2D eigenvalue weighted by Crippen LogP contribution is 2.20. The Hall–Kier alpha value is -2.44. The predicted octanol–water partition coefficient (Wildman–Crippen LogP) is 2.06. The van der Waals surface area contributed by atoms with Gasteiger partial charge < -0.3 is 14.9 Å². The lowest BCUT2D eigenvalue weighted by Crippen LogP contribution is -2.43. The van der Waals surface area contributed by atoms with Crippen molar-refractivity contribution in [3.05, 3.63) is 35.1 Å². The van der Waals surface area contributed by atoms with Crippen molar-refractivity contribution < 1.29 is 23.9 Å². The lowest BCUT2D eigenvalue weighted by molar-refractivity contribution is -0.145.